The average Bonchev–Trinajstić information content (AvgIpc) is 2.26. The third-order valence-electron chi connectivity index (χ3n) is 3.14. The first kappa shape index (κ1) is 13.3. The Morgan fingerprint density at radius 1 is 1.33 bits per heavy atom. The van der Waals surface area contributed by atoms with Gasteiger partial charge in [0.05, 0.1) is 6.61 Å². The predicted octanol–water partition coefficient (Wildman–Crippen LogP) is 2.44. The van der Waals surface area contributed by atoms with Crippen LogP contribution in [0, 0.1) is 5.92 Å². The molecule has 15 heavy (non-hydrogen) atoms. The molecule has 3 heteroatoms. The zero-order valence-electron chi connectivity index (χ0n) is 9.95. The second kappa shape index (κ2) is 8.43. The van der Waals surface area contributed by atoms with Crippen LogP contribution in [0.3, 0.4) is 0 Å². The lowest BCUT2D eigenvalue weighted by molar-refractivity contribution is 0.0899. The lowest BCUT2D eigenvalue weighted by atomic mass is 9.99. The van der Waals surface area contributed by atoms with Gasteiger partial charge in [-0.15, -0.1) is 0 Å². The summed E-state index contributed by atoms with van der Waals surface area (Å²) in [5, 5.41) is 0. The Morgan fingerprint density at radius 2 is 2.20 bits per heavy atom. The average molecular weight is 231 g/mol. The van der Waals surface area contributed by atoms with Crippen molar-refractivity contribution in [3.05, 3.63) is 0 Å². The highest BCUT2D eigenvalue weighted by molar-refractivity contribution is 7.80. The van der Waals surface area contributed by atoms with E-state index in [0.717, 1.165) is 18.3 Å². The number of hydrogen-bond donors (Lipinski definition) is 1. The third-order valence-corrected chi connectivity index (χ3v) is 3.45. The van der Waals surface area contributed by atoms with Crippen LogP contribution in [0.1, 0.15) is 32.1 Å². The van der Waals surface area contributed by atoms with Crippen molar-refractivity contribution in [1.82, 2.24) is 4.90 Å². The number of methoxy groups -OCH3 is 1. The van der Waals surface area contributed by atoms with Crippen molar-refractivity contribution in [3.63, 3.8) is 0 Å². The summed E-state index contributed by atoms with van der Waals surface area (Å²) in [6.07, 6.45) is 6.62. The van der Waals surface area contributed by atoms with Gasteiger partial charge in [0.1, 0.15) is 0 Å². The molecule has 0 amide bonds. The molecule has 0 saturated carbocycles. The number of piperidine rings is 1. The van der Waals surface area contributed by atoms with E-state index in [9.17, 15) is 0 Å². The fourth-order valence-electron chi connectivity index (χ4n) is 2.35. The van der Waals surface area contributed by atoms with E-state index in [1.165, 1.54) is 51.7 Å². The molecular weight excluding hydrogens is 206 g/mol. The van der Waals surface area contributed by atoms with E-state index in [0.29, 0.717) is 0 Å². The van der Waals surface area contributed by atoms with Crippen molar-refractivity contribution in [3.8, 4) is 0 Å². The standard InChI is InChI=1S/C12H25NOS/c1-14-11-12-6-5-8-13(10-12)7-3-2-4-9-15/h12,15H,2-11H2,1H3. The molecule has 0 aromatic heterocycles. The topological polar surface area (TPSA) is 12.5 Å². The maximum atomic E-state index is 5.24. The van der Waals surface area contributed by atoms with Gasteiger partial charge in [0.25, 0.3) is 0 Å². The van der Waals surface area contributed by atoms with E-state index in [2.05, 4.69) is 17.5 Å². The monoisotopic (exact) mass is 231 g/mol. The minimum atomic E-state index is 0.772. The van der Waals surface area contributed by atoms with Crippen molar-refractivity contribution >= 4 is 12.6 Å². The van der Waals surface area contributed by atoms with Gasteiger partial charge in [-0.3, -0.25) is 0 Å². The van der Waals surface area contributed by atoms with Gasteiger partial charge in [-0.2, -0.15) is 12.6 Å². The summed E-state index contributed by atoms with van der Waals surface area (Å²) in [6.45, 7) is 4.75. The lowest BCUT2D eigenvalue weighted by Gasteiger charge is -2.32. The van der Waals surface area contributed by atoms with Gasteiger partial charge in [-0.1, -0.05) is 6.42 Å². The maximum absolute atomic E-state index is 5.24. The first-order valence-electron chi connectivity index (χ1n) is 6.19. The third kappa shape index (κ3) is 5.79. The molecule has 1 aliphatic rings. The van der Waals surface area contributed by atoms with E-state index in [1.807, 2.05) is 7.11 Å². The summed E-state index contributed by atoms with van der Waals surface area (Å²) in [5.41, 5.74) is 0. The molecule has 1 fully saturated rings. The second-order valence-corrected chi connectivity index (χ2v) is 5.00. The highest BCUT2D eigenvalue weighted by Crippen LogP contribution is 2.17. The van der Waals surface area contributed by atoms with Gasteiger partial charge < -0.3 is 9.64 Å². The Kier molecular flexibility index (Phi) is 7.49. The summed E-state index contributed by atoms with van der Waals surface area (Å²) in [4.78, 5) is 2.60. The molecule has 0 aliphatic carbocycles. The van der Waals surface area contributed by atoms with Crippen LogP contribution in [0.2, 0.25) is 0 Å². The molecule has 1 atom stereocenters. The molecule has 1 unspecified atom stereocenters. The zero-order valence-corrected chi connectivity index (χ0v) is 10.8. The molecule has 90 valence electrons. The quantitative estimate of drug-likeness (QED) is 0.534. The van der Waals surface area contributed by atoms with E-state index in [4.69, 9.17) is 4.74 Å². The number of rotatable bonds is 7. The molecule has 1 saturated heterocycles. The Labute approximate surface area is 99.8 Å². The Balaban J connectivity index is 2.07. The molecular formula is C12H25NOS. The summed E-state index contributed by atoms with van der Waals surface area (Å²) < 4.78 is 5.24. The number of nitrogens with zero attached hydrogens (tertiary/aromatic N) is 1. The lowest BCUT2D eigenvalue weighted by Crippen LogP contribution is -2.37. The van der Waals surface area contributed by atoms with Gasteiger partial charge >= 0.3 is 0 Å². The predicted molar refractivity (Wildman–Crippen MR) is 68.7 cm³/mol. The van der Waals surface area contributed by atoms with Gasteiger partial charge in [0.2, 0.25) is 0 Å². The molecule has 0 aromatic carbocycles. The van der Waals surface area contributed by atoms with E-state index in [1.54, 1.807) is 0 Å². The maximum Gasteiger partial charge on any atom is 0.0502 e. The van der Waals surface area contributed by atoms with Crippen LogP contribution in [-0.4, -0.2) is 44.0 Å². The zero-order chi connectivity index (χ0) is 10.9. The molecule has 0 radical (unpaired) electrons. The normalized spacial score (nSPS) is 23.2. The molecule has 1 rings (SSSR count). The van der Waals surface area contributed by atoms with Crippen LogP contribution in [0.25, 0.3) is 0 Å². The highest BCUT2D eigenvalue weighted by atomic mass is 32.1. The summed E-state index contributed by atoms with van der Waals surface area (Å²) in [6, 6.07) is 0. The van der Waals surface area contributed by atoms with Crippen LogP contribution in [-0.2, 0) is 4.74 Å². The van der Waals surface area contributed by atoms with Crippen LogP contribution < -0.4 is 0 Å². The van der Waals surface area contributed by atoms with Crippen molar-refractivity contribution < 1.29 is 4.74 Å². The molecule has 0 spiro atoms. The fourth-order valence-corrected chi connectivity index (χ4v) is 2.57. The molecule has 1 aliphatic heterocycles. The van der Waals surface area contributed by atoms with Gasteiger partial charge in [-0.05, 0) is 50.4 Å². The van der Waals surface area contributed by atoms with Crippen molar-refractivity contribution in [2.75, 3.05) is 39.1 Å². The van der Waals surface area contributed by atoms with Crippen LogP contribution in [0.4, 0.5) is 0 Å². The fraction of sp³-hybridized carbons (Fsp3) is 1.00. The van der Waals surface area contributed by atoms with Crippen LogP contribution in [0.5, 0.6) is 0 Å². The number of ether oxygens (including phenoxy) is 1. The van der Waals surface area contributed by atoms with E-state index in [-0.39, 0.29) is 0 Å². The SMILES string of the molecule is COCC1CCCN(CCCCCS)C1. The second-order valence-electron chi connectivity index (χ2n) is 4.55. The first-order valence-corrected chi connectivity index (χ1v) is 6.82. The number of likely N-dealkylation sites (tertiary alicyclic amines) is 1. The van der Waals surface area contributed by atoms with Crippen molar-refractivity contribution in [1.29, 1.82) is 0 Å². The number of unbranched alkanes of at least 4 members (excludes halogenated alkanes) is 2. The highest BCUT2D eigenvalue weighted by Gasteiger charge is 2.18. The molecule has 0 bridgehead atoms. The van der Waals surface area contributed by atoms with E-state index < -0.39 is 0 Å². The van der Waals surface area contributed by atoms with E-state index >= 15 is 0 Å². The van der Waals surface area contributed by atoms with Crippen molar-refractivity contribution in [2.24, 2.45) is 5.92 Å². The smallest absolute Gasteiger partial charge is 0.0502 e. The van der Waals surface area contributed by atoms with Crippen LogP contribution in [0.15, 0.2) is 0 Å². The summed E-state index contributed by atoms with van der Waals surface area (Å²) >= 11 is 4.23. The minimum Gasteiger partial charge on any atom is -0.384 e. The summed E-state index contributed by atoms with van der Waals surface area (Å²) in [7, 11) is 1.81. The molecule has 1 heterocycles. The molecule has 0 N–H and O–H groups in total. The Morgan fingerprint density at radius 3 is 2.93 bits per heavy atom. The minimum absolute atomic E-state index is 0.772. The van der Waals surface area contributed by atoms with Gasteiger partial charge in [-0.25, -0.2) is 0 Å². The first-order chi connectivity index (χ1) is 7.36. The molecule has 0 aromatic rings. The Hall–Kier alpha value is 0.270. The molecule has 2 nitrogen and oxygen atoms in total. The van der Waals surface area contributed by atoms with Gasteiger partial charge in [0, 0.05) is 13.7 Å². The van der Waals surface area contributed by atoms with Gasteiger partial charge in [0.15, 0.2) is 0 Å². The van der Waals surface area contributed by atoms with Crippen LogP contribution >= 0.6 is 12.6 Å². The number of hydrogen-bond acceptors (Lipinski definition) is 3. The largest absolute Gasteiger partial charge is 0.384 e. The summed E-state index contributed by atoms with van der Waals surface area (Å²) in [5.74, 6) is 1.81. The van der Waals surface area contributed by atoms with Crippen molar-refractivity contribution in [2.45, 2.75) is 32.1 Å². The number of thiol groups is 1. The Bertz CT molecular complexity index is 153.